The van der Waals surface area contributed by atoms with E-state index in [4.69, 9.17) is 4.74 Å². The fourth-order valence-corrected chi connectivity index (χ4v) is 2.74. The molecule has 0 N–H and O–H groups in total. The summed E-state index contributed by atoms with van der Waals surface area (Å²) in [5.74, 6) is -0.0540. The van der Waals surface area contributed by atoms with E-state index in [1.807, 2.05) is 12.1 Å². The van der Waals surface area contributed by atoms with E-state index >= 15 is 0 Å². The van der Waals surface area contributed by atoms with Crippen LogP contribution in [0.25, 0.3) is 0 Å². The lowest BCUT2D eigenvalue weighted by atomic mass is 10.2. The Kier molecular flexibility index (Phi) is 6.71. The second-order valence-electron chi connectivity index (χ2n) is 5.83. The first-order chi connectivity index (χ1) is 12.5. The van der Waals surface area contributed by atoms with Crippen LogP contribution in [0.3, 0.4) is 0 Å². The number of nitro groups is 1. The van der Waals surface area contributed by atoms with Crippen molar-refractivity contribution in [3.8, 4) is 0 Å². The van der Waals surface area contributed by atoms with Crippen LogP contribution in [-0.2, 0) is 11.3 Å². The molecule has 2 aromatic rings. The van der Waals surface area contributed by atoms with Gasteiger partial charge in [-0.25, -0.2) is 14.3 Å². The molecule has 0 aliphatic rings. The third-order valence-electron chi connectivity index (χ3n) is 4.11. The number of rotatable bonds is 9. The van der Waals surface area contributed by atoms with E-state index < -0.39 is 10.9 Å². The lowest BCUT2D eigenvalue weighted by Gasteiger charge is -2.22. The van der Waals surface area contributed by atoms with Crippen molar-refractivity contribution in [1.82, 2.24) is 9.55 Å². The molecule has 0 amide bonds. The fraction of sp³-hybridized carbons (Fsp3) is 0.444. The lowest BCUT2D eigenvalue weighted by Crippen LogP contribution is -2.23. The highest BCUT2D eigenvalue weighted by Crippen LogP contribution is 2.17. The number of hydrogen-bond donors (Lipinski definition) is 0. The topological polar surface area (TPSA) is 90.5 Å². The first-order valence-corrected chi connectivity index (χ1v) is 8.66. The van der Waals surface area contributed by atoms with Gasteiger partial charge >= 0.3 is 11.8 Å². The molecule has 0 spiro atoms. The normalized spacial score (nSPS) is 10.6. The van der Waals surface area contributed by atoms with Crippen LogP contribution >= 0.6 is 0 Å². The Hall–Kier alpha value is -2.90. The molecule has 140 valence electrons. The van der Waals surface area contributed by atoms with Gasteiger partial charge < -0.3 is 19.8 Å². The highest BCUT2D eigenvalue weighted by Gasteiger charge is 2.18. The molecule has 0 bridgehead atoms. The van der Waals surface area contributed by atoms with Crippen molar-refractivity contribution in [3.05, 3.63) is 52.0 Å². The Balaban J connectivity index is 1.94. The number of imidazole rings is 1. The first-order valence-electron chi connectivity index (χ1n) is 8.66. The van der Waals surface area contributed by atoms with E-state index in [-0.39, 0.29) is 19.0 Å². The van der Waals surface area contributed by atoms with E-state index in [9.17, 15) is 14.9 Å². The zero-order chi connectivity index (χ0) is 19.1. The number of nitrogens with zero attached hydrogens (tertiary/aromatic N) is 4. The molecule has 0 aliphatic carbocycles. The Labute approximate surface area is 152 Å². The molecule has 8 nitrogen and oxygen atoms in total. The molecular weight excluding hydrogens is 336 g/mol. The van der Waals surface area contributed by atoms with Crippen molar-refractivity contribution in [2.24, 2.45) is 0 Å². The van der Waals surface area contributed by atoms with Crippen molar-refractivity contribution in [1.29, 1.82) is 0 Å². The molecule has 0 fully saturated rings. The molecule has 2 rings (SSSR count). The largest absolute Gasteiger partial charge is 0.458 e. The number of carbonyl (C=O) groups is 1. The van der Waals surface area contributed by atoms with Gasteiger partial charge in [-0.1, -0.05) is 6.92 Å². The molecule has 26 heavy (non-hydrogen) atoms. The van der Waals surface area contributed by atoms with Gasteiger partial charge in [0.25, 0.3) is 0 Å². The van der Waals surface area contributed by atoms with Gasteiger partial charge in [-0.3, -0.25) is 0 Å². The number of benzene rings is 1. The summed E-state index contributed by atoms with van der Waals surface area (Å²) in [6.07, 6.45) is 2.25. The molecule has 1 heterocycles. The number of anilines is 1. The third kappa shape index (κ3) is 4.59. The molecule has 0 saturated carbocycles. The zero-order valence-corrected chi connectivity index (χ0v) is 15.3. The minimum atomic E-state index is -0.504. The maximum absolute atomic E-state index is 12.2. The summed E-state index contributed by atoms with van der Waals surface area (Å²) in [4.78, 5) is 28.8. The molecule has 0 radical (unpaired) electrons. The van der Waals surface area contributed by atoms with E-state index in [1.165, 1.54) is 10.8 Å². The molecule has 0 unspecified atom stereocenters. The van der Waals surface area contributed by atoms with Crippen LogP contribution in [0.2, 0.25) is 0 Å². The molecule has 1 aromatic heterocycles. The molecule has 8 heteroatoms. The Morgan fingerprint density at radius 1 is 1.31 bits per heavy atom. The van der Waals surface area contributed by atoms with Gasteiger partial charge in [-0.15, -0.1) is 0 Å². The highest BCUT2D eigenvalue weighted by atomic mass is 16.6. The SMILES string of the molecule is CCCN(CC)c1ccc(C(=O)OCCn2c([N+](=O)[O-])cnc2C)cc1. The van der Waals surface area contributed by atoms with E-state index in [2.05, 4.69) is 23.7 Å². The fourth-order valence-electron chi connectivity index (χ4n) is 2.74. The summed E-state index contributed by atoms with van der Waals surface area (Å²) in [5, 5.41) is 10.9. The standard InChI is InChI=1S/C18H24N4O4/c1-4-10-20(5-2)16-8-6-15(7-9-16)18(23)26-12-11-21-14(3)19-13-17(21)22(24)25/h6-9,13H,4-5,10-12H2,1-3H3. The van der Waals surface area contributed by atoms with Crippen LogP contribution in [0.15, 0.2) is 30.5 Å². The maximum Gasteiger partial charge on any atom is 0.342 e. The molecule has 0 aliphatic heterocycles. The minimum absolute atomic E-state index is 0.0372. The van der Waals surface area contributed by atoms with Gasteiger partial charge in [0.2, 0.25) is 0 Å². The van der Waals surface area contributed by atoms with Gasteiger partial charge in [0.05, 0.1) is 5.56 Å². The zero-order valence-electron chi connectivity index (χ0n) is 15.3. The maximum atomic E-state index is 12.2. The van der Waals surface area contributed by atoms with Crippen molar-refractivity contribution in [3.63, 3.8) is 0 Å². The van der Waals surface area contributed by atoms with Crippen molar-refractivity contribution in [2.45, 2.75) is 33.7 Å². The number of aryl methyl sites for hydroxylation is 1. The van der Waals surface area contributed by atoms with Crippen LogP contribution in [0.5, 0.6) is 0 Å². The molecular formula is C18H24N4O4. The smallest absolute Gasteiger partial charge is 0.342 e. The second-order valence-corrected chi connectivity index (χ2v) is 5.83. The number of aromatic nitrogens is 2. The van der Waals surface area contributed by atoms with Gasteiger partial charge in [0.1, 0.15) is 19.3 Å². The second kappa shape index (κ2) is 8.98. The van der Waals surface area contributed by atoms with Crippen molar-refractivity contribution < 1.29 is 14.5 Å². The summed E-state index contributed by atoms with van der Waals surface area (Å²) in [7, 11) is 0. The van der Waals surface area contributed by atoms with E-state index in [0.717, 1.165) is 25.2 Å². The monoisotopic (exact) mass is 360 g/mol. The van der Waals surface area contributed by atoms with Crippen LogP contribution in [-0.4, -0.2) is 40.1 Å². The minimum Gasteiger partial charge on any atom is -0.458 e. The Morgan fingerprint density at radius 2 is 2.00 bits per heavy atom. The lowest BCUT2D eigenvalue weighted by molar-refractivity contribution is -0.392. The van der Waals surface area contributed by atoms with Crippen molar-refractivity contribution in [2.75, 3.05) is 24.6 Å². The highest BCUT2D eigenvalue weighted by molar-refractivity contribution is 5.89. The number of carbonyl (C=O) groups excluding carboxylic acids is 1. The van der Waals surface area contributed by atoms with E-state index in [0.29, 0.717) is 11.4 Å². The quantitative estimate of drug-likeness (QED) is 0.387. The Morgan fingerprint density at radius 3 is 2.58 bits per heavy atom. The molecule has 1 aromatic carbocycles. The summed E-state index contributed by atoms with van der Waals surface area (Å²) in [6, 6.07) is 7.28. The average molecular weight is 360 g/mol. The van der Waals surface area contributed by atoms with Crippen LogP contribution in [0.1, 0.15) is 36.5 Å². The summed E-state index contributed by atoms with van der Waals surface area (Å²) in [5.41, 5.74) is 1.52. The van der Waals surface area contributed by atoms with E-state index in [1.54, 1.807) is 19.1 Å². The predicted octanol–water partition coefficient (Wildman–Crippen LogP) is 3.19. The summed E-state index contributed by atoms with van der Waals surface area (Å²) >= 11 is 0. The van der Waals surface area contributed by atoms with Crippen molar-refractivity contribution >= 4 is 17.5 Å². The van der Waals surface area contributed by atoms with Gasteiger partial charge in [-0.05, 0) is 42.5 Å². The Bertz CT molecular complexity index is 755. The summed E-state index contributed by atoms with van der Waals surface area (Å²) in [6.45, 7) is 7.98. The molecule has 0 atom stereocenters. The van der Waals surface area contributed by atoms with Crippen LogP contribution in [0.4, 0.5) is 11.5 Å². The summed E-state index contributed by atoms with van der Waals surface area (Å²) < 4.78 is 6.66. The predicted molar refractivity (Wildman–Crippen MR) is 98.5 cm³/mol. The van der Waals surface area contributed by atoms with Crippen LogP contribution < -0.4 is 4.90 Å². The van der Waals surface area contributed by atoms with Crippen LogP contribution in [0, 0.1) is 17.0 Å². The number of esters is 1. The van der Waals surface area contributed by atoms with Gasteiger partial charge in [-0.2, -0.15) is 0 Å². The first kappa shape index (κ1) is 19.4. The van der Waals surface area contributed by atoms with Gasteiger partial charge in [0.15, 0.2) is 5.82 Å². The number of ether oxygens (including phenoxy) is 1. The molecule has 0 saturated heterocycles. The average Bonchev–Trinajstić information content (AvgIpc) is 3.01. The number of hydrogen-bond acceptors (Lipinski definition) is 6. The van der Waals surface area contributed by atoms with Gasteiger partial charge in [0, 0.05) is 25.7 Å². The third-order valence-corrected chi connectivity index (χ3v) is 4.11.